The molecular weight excluding hydrogens is 248 g/mol. The Kier molecular flexibility index (Phi) is 3.56. The average molecular weight is 260 g/mol. The van der Waals surface area contributed by atoms with Gasteiger partial charge in [-0.15, -0.1) is 0 Å². The first-order valence-corrected chi connectivity index (χ1v) is 5.64. The van der Waals surface area contributed by atoms with Crippen LogP contribution in [0.25, 0.3) is 0 Å². The SMILES string of the molecule is CCn1cc(NC(=O)c2cccc(C(=O)O)n2)cn1. The fourth-order valence-electron chi connectivity index (χ4n) is 1.48. The number of anilines is 1. The van der Waals surface area contributed by atoms with E-state index in [1.807, 2.05) is 6.92 Å². The molecule has 0 saturated heterocycles. The highest BCUT2D eigenvalue weighted by Gasteiger charge is 2.12. The van der Waals surface area contributed by atoms with Crippen LogP contribution in [0, 0.1) is 0 Å². The molecule has 7 heteroatoms. The van der Waals surface area contributed by atoms with E-state index >= 15 is 0 Å². The first kappa shape index (κ1) is 12.7. The number of hydrogen-bond acceptors (Lipinski definition) is 4. The van der Waals surface area contributed by atoms with Crippen molar-refractivity contribution in [1.82, 2.24) is 14.8 Å². The number of carbonyl (C=O) groups excluding carboxylic acids is 1. The summed E-state index contributed by atoms with van der Waals surface area (Å²) in [5.74, 6) is -1.65. The van der Waals surface area contributed by atoms with Crippen LogP contribution in [0.1, 0.15) is 27.9 Å². The van der Waals surface area contributed by atoms with Crippen molar-refractivity contribution in [2.24, 2.45) is 0 Å². The summed E-state index contributed by atoms with van der Waals surface area (Å²) in [6, 6.07) is 4.25. The molecule has 2 aromatic heterocycles. The highest BCUT2D eigenvalue weighted by atomic mass is 16.4. The molecule has 98 valence electrons. The second kappa shape index (κ2) is 5.30. The Balaban J connectivity index is 2.15. The maximum atomic E-state index is 11.9. The van der Waals surface area contributed by atoms with E-state index in [1.54, 1.807) is 10.9 Å². The van der Waals surface area contributed by atoms with Crippen molar-refractivity contribution >= 4 is 17.6 Å². The summed E-state index contributed by atoms with van der Waals surface area (Å²) in [6.07, 6.45) is 3.20. The Bertz CT molecular complexity index is 621. The van der Waals surface area contributed by atoms with Crippen molar-refractivity contribution in [3.05, 3.63) is 42.0 Å². The molecule has 0 radical (unpaired) electrons. The number of carboxylic acids is 1. The normalized spacial score (nSPS) is 10.2. The van der Waals surface area contributed by atoms with Gasteiger partial charge in [-0.05, 0) is 19.1 Å². The van der Waals surface area contributed by atoms with Crippen LogP contribution in [0.2, 0.25) is 0 Å². The van der Waals surface area contributed by atoms with Gasteiger partial charge < -0.3 is 10.4 Å². The molecule has 2 N–H and O–H groups in total. The van der Waals surface area contributed by atoms with Crippen molar-refractivity contribution in [3.8, 4) is 0 Å². The van der Waals surface area contributed by atoms with Crippen molar-refractivity contribution in [3.63, 3.8) is 0 Å². The fraction of sp³-hybridized carbons (Fsp3) is 0.167. The van der Waals surface area contributed by atoms with Gasteiger partial charge in [0.2, 0.25) is 0 Å². The molecule has 0 bridgehead atoms. The molecule has 2 rings (SSSR count). The van der Waals surface area contributed by atoms with E-state index in [1.165, 1.54) is 24.4 Å². The first-order valence-electron chi connectivity index (χ1n) is 5.64. The van der Waals surface area contributed by atoms with E-state index in [-0.39, 0.29) is 11.4 Å². The van der Waals surface area contributed by atoms with Crippen LogP contribution in [0.15, 0.2) is 30.6 Å². The van der Waals surface area contributed by atoms with Gasteiger partial charge in [-0.25, -0.2) is 9.78 Å². The number of nitrogens with zero attached hydrogens (tertiary/aromatic N) is 3. The number of aromatic nitrogens is 3. The molecule has 2 heterocycles. The number of aryl methyl sites for hydroxylation is 1. The number of carboxylic acid groups (broad SMARTS) is 1. The number of amides is 1. The van der Waals surface area contributed by atoms with Gasteiger partial charge in [-0.3, -0.25) is 9.48 Å². The van der Waals surface area contributed by atoms with Crippen molar-refractivity contribution in [1.29, 1.82) is 0 Å². The molecule has 0 fully saturated rings. The molecule has 0 aromatic carbocycles. The largest absolute Gasteiger partial charge is 0.477 e. The molecule has 0 aliphatic carbocycles. The molecule has 0 unspecified atom stereocenters. The minimum atomic E-state index is -1.17. The lowest BCUT2D eigenvalue weighted by Gasteiger charge is -2.02. The smallest absolute Gasteiger partial charge is 0.354 e. The molecule has 0 spiro atoms. The van der Waals surface area contributed by atoms with E-state index in [0.717, 1.165) is 0 Å². The van der Waals surface area contributed by atoms with Crippen LogP contribution in [-0.2, 0) is 6.54 Å². The number of pyridine rings is 1. The molecule has 2 aromatic rings. The Morgan fingerprint density at radius 3 is 2.74 bits per heavy atom. The van der Waals surface area contributed by atoms with E-state index < -0.39 is 11.9 Å². The average Bonchev–Trinajstić information content (AvgIpc) is 2.86. The van der Waals surface area contributed by atoms with Gasteiger partial charge >= 0.3 is 5.97 Å². The Morgan fingerprint density at radius 2 is 2.11 bits per heavy atom. The molecular formula is C12H12N4O3. The van der Waals surface area contributed by atoms with Crippen LogP contribution < -0.4 is 5.32 Å². The summed E-state index contributed by atoms with van der Waals surface area (Å²) >= 11 is 0. The maximum Gasteiger partial charge on any atom is 0.354 e. The van der Waals surface area contributed by atoms with Gasteiger partial charge in [0.05, 0.1) is 11.9 Å². The predicted molar refractivity (Wildman–Crippen MR) is 67.1 cm³/mol. The minimum Gasteiger partial charge on any atom is -0.477 e. The first-order chi connectivity index (χ1) is 9.10. The third-order valence-corrected chi connectivity index (χ3v) is 2.42. The summed E-state index contributed by atoms with van der Waals surface area (Å²) in [6.45, 7) is 2.62. The van der Waals surface area contributed by atoms with E-state index in [4.69, 9.17) is 5.11 Å². The number of carbonyl (C=O) groups is 2. The predicted octanol–water partition coefficient (Wildman–Crippen LogP) is 1.25. The third-order valence-electron chi connectivity index (χ3n) is 2.42. The zero-order valence-corrected chi connectivity index (χ0v) is 10.2. The van der Waals surface area contributed by atoms with Crippen molar-refractivity contribution < 1.29 is 14.7 Å². The number of nitrogens with one attached hydrogen (secondary N) is 1. The topological polar surface area (TPSA) is 97.1 Å². The maximum absolute atomic E-state index is 11.9. The van der Waals surface area contributed by atoms with E-state index in [2.05, 4.69) is 15.4 Å². The second-order valence-corrected chi connectivity index (χ2v) is 3.75. The van der Waals surface area contributed by atoms with Crippen LogP contribution in [0.4, 0.5) is 5.69 Å². The summed E-state index contributed by atoms with van der Waals surface area (Å²) < 4.78 is 1.66. The van der Waals surface area contributed by atoms with Gasteiger partial charge in [0, 0.05) is 12.7 Å². The summed E-state index contributed by atoms with van der Waals surface area (Å²) in [7, 11) is 0. The fourth-order valence-corrected chi connectivity index (χ4v) is 1.48. The third kappa shape index (κ3) is 2.95. The Morgan fingerprint density at radius 1 is 1.37 bits per heavy atom. The van der Waals surface area contributed by atoms with Crippen LogP contribution in [0.3, 0.4) is 0 Å². The highest BCUT2D eigenvalue weighted by molar-refractivity contribution is 6.03. The molecule has 0 atom stereocenters. The Labute approximate surface area is 108 Å². The lowest BCUT2D eigenvalue weighted by molar-refractivity contribution is 0.0690. The number of aromatic carboxylic acids is 1. The highest BCUT2D eigenvalue weighted by Crippen LogP contribution is 2.07. The monoisotopic (exact) mass is 260 g/mol. The van der Waals surface area contributed by atoms with Gasteiger partial charge in [0.1, 0.15) is 11.4 Å². The quantitative estimate of drug-likeness (QED) is 0.862. The van der Waals surface area contributed by atoms with Crippen LogP contribution in [0.5, 0.6) is 0 Å². The second-order valence-electron chi connectivity index (χ2n) is 3.75. The van der Waals surface area contributed by atoms with Gasteiger partial charge in [-0.2, -0.15) is 5.10 Å². The summed E-state index contributed by atoms with van der Waals surface area (Å²) in [4.78, 5) is 26.4. The van der Waals surface area contributed by atoms with E-state index in [0.29, 0.717) is 12.2 Å². The number of rotatable bonds is 4. The van der Waals surface area contributed by atoms with Crippen LogP contribution >= 0.6 is 0 Å². The lowest BCUT2D eigenvalue weighted by Crippen LogP contribution is -2.15. The summed E-state index contributed by atoms with van der Waals surface area (Å²) in [5.41, 5.74) is 0.412. The molecule has 0 aliphatic heterocycles. The molecule has 19 heavy (non-hydrogen) atoms. The van der Waals surface area contributed by atoms with Crippen molar-refractivity contribution in [2.75, 3.05) is 5.32 Å². The zero-order valence-electron chi connectivity index (χ0n) is 10.2. The standard InChI is InChI=1S/C12H12N4O3/c1-2-16-7-8(6-13-16)14-11(17)9-4-3-5-10(15-9)12(18)19/h3-7H,2H2,1H3,(H,14,17)(H,18,19). The van der Waals surface area contributed by atoms with Crippen LogP contribution in [-0.4, -0.2) is 31.7 Å². The molecule has 0 saturated carbocycles. The molecule has 7 nitrogen and oxygen atoms in total. The number of hydrogen-bond donors (Lipinski definition) is 2. The molecule has 1 amide bonds. The lowest BCUT2D eigenvalue weighted by atomic mass is 10.3. The summed E-state index contributed by atoms with van der Waals surface area (Å²) in [5, 5.41) is 15.4. The van der Waals surface area contributed by atoms with E-state index in [9.17, 15) is 9.59 Å². The van der Waals surface area contributed by atoms with Crippen molar-refractivity contribution in [2.45, 2.75) is 13.5 Å². The molecule has 0 aliphatic rings. The van der Waals surface area contributed by atoms with Gasteiger partial charge in [-0.1, -0.05) is 6.07 Å². The van der Waals surface area contributed by atoms with Gasteiger partial charge in [0.15, 0.2) is 0 Å². The minimum absolute atomic E-state index is 0.0455. The van der Waals surface area contributed by atoms with Gasteiger partial charge in [0.25, 0.3) is 5.91 Å². The Hall–Kier alpha value is -2.70. The zero-order chi connectivity index (χ0) is 13.8.